The molecule has 0 bridgehead atoms. The lowest BCUT2D eigenvalue weighted by atomic mass is 10.0. The Balaban J connectivity index is 2.51. The summed E-state index contributed by atoms with van der Waals surface area (Å²) >= 11 is 3.50. The molecule has 1 unspecified atom stereocenters. The van der Waals surface area contributed by atoms with Gasteiger partial charge in [-0.25, -0.2) is 0 Å². The van der Waals surface area contributed by atoms with E-state index in [-0.39, 0.29) is 23.7 Å². The number of carbonyl (C=O) groups excluding carboxylic acids is 2. The SMILES string of the molecule is CC(C)CC(=O)NC(C(=O)NCCc1ccccc1Br)C(C)C. The molecule has 1 aromatic carbocycles. The first-order chi connectivity index (χ1) is 10.8. The van der Waals surface area contributed by atoms with Crippen molar-refractivity contribution >= 4 is 27.7 Å². The Morgan fingerprint density at radius 3 is 2.35 bits per heavy atom. The highest BCUT2D eigenvalue weighted by molar-refractivity contribution is 9.10. The molecule has 5 heteroatoms. The van der Waals surface area contributed by atoms with Gasteiger partial charge in [-0.2, -0.15) is 0 Å². The maximum absolute atomic E-state index is 12.3. The molecular formula is C18H27BrN2O2. The summed E-state index contributed by atoms with van der Waals surface area (Å²) in [6.07, 6.45) is 1.19. The molecule has 2 amide bonds. The van der Waals surface area contributed by atoms with Crippen molar-refractivity contribution in [3.8, 4) is 0 Å². The van der Waals surface area contributed by atoms with Crippen molar-refractivity contribution in [2.45, 2.75) is 46.6 Å². The van der Waals surface area contributed by atoms with E-state index >= 15 is 0 Å². The van der Waals surface area contributed by atoms with Gasteiger partial charge in [0.15, 0.2) is 0 Å². The lowest BCUT2D eigenvalue weighted by Gasteiger charge is -2.22. The number of amides is 2. The Kier molecular flexibility index (Phi) is 8.31. The summed E-state index contributed by atoms with van der Waals surface area (Å²) in [7, 11) is 0. The number of rotatable bonds is 8. The summed E-state index contributed by atoms with van der Waals surface area (Å²) in [5.41, 5.74) is 1.15. The van der Waals surface area contributed by atoms with Crippen LogP contribution in [0, 0.1) is 11.8 Å². The number of carbonyl (C=O) groups is 2. The maximum Gasteiger partial charge on any atom is 0.242 e. The smallest absolute Gasteiger partial charge is 0.242 e. The van der Waals surface area contributed by atoms with Gasteiger partial charge in [-0.1, -0.05) is 61.8 Å². The van der Waals surface area contributed by atoms with Crippen molar-refractivity contribution in [1.29, 1.82) is 0 Å². The van der Waals surface area contributed by atoms with Crippen molar-refractivity contribution in [2.24, 2.45) is 11.8 Å². The minimum Gasteiger partial charge on any atom is -0.354 e. The molecular weight excluding hydrogens is 356 g/mol. The normalized spacial score (nSPS) is 12.3. The second-order valence-electron chi connectivity index (χ2n) is 6.52. The standard InChI is InChI=1S/C18H27BrN2O2/c1-12(2)11-16(22)21-17(13(3)4)18(23)20-10-9-14-7-5-6-8-15(14)19/h5-8,12-13,17H,9-11H2,1-4H3,(H,20,23)(H,21,22). The zero-order chi connectivity index (χ0) is 17.4. The first-order valence-electron chi connectivity index (χ1n) is 8.11. The first kappa shape index (κ1) is 19.7. The fraction of sp³-hybridized carbons (Fsp3) is 0.556. The Morgan fingerprint density at radius 2 is 1.78 bits per heavy atom. The van der Waals surface area contributed by atoms with Gasteiger partial charge in [0.1, 0.15) is 6.04 Å². The summed E-state index contributed by atoms with van der Waals surface area (Å²) in [4.78, 5) is 24.3. The van der Waals surface area contributed by atoms with Crippen LogP contribution in [0.25, 0.3) is 0 Å². The van der Waals surface area contributed by atoms with Gasteiger partial charge < -0.3 is 10.6 Å². The van der Waals surface area contributed by atoms with Crippen LogP contribution in [0.15, 0.2) is 28.7 Å². The molecule has 0 heterocycles. The second-order valence-corrected chi connectivity index (χ2v) is 7.37. The van der Waals surface area contributed by atoms with Gasteiger partial charge in [0.2, 0.25) is 11.8 Å². The summed E-state index contributed by atoms with van der Waals surface area (Å²) in [6.45, 7) is 8.40. The molecule has 2 N–H and O–H groups in total. The van der Waals surface area contributed by atoms with Crippen LogP contribution in [0.3, 0.4) is 0 Å². The summed E-state index contributed by atoms with van der Waals surface area (Å²) in [5, 5.41) is 5.77. The van der Waals surface area contributed by atoms with Crippen LogP contribution < -0.4 is 10.6 Å². The number of nitrogens with one attached hydrogen (secondary N) is 2. The fourth-order valence-corrected chi connectivity index (χ4v) is 2.75. The molecule has 1 atom stereocenters. The van der Waals surface area contributed by atoms with E-state index in [1.807, 2.05) is 52.0 Å². The third-order valence-corrected chi connectivity index (χ3v) is 4.28. The second kappa shape index (κ2) is 9.71. The van der Waals surface area contributed by atoms with Crippen molar-refractivity contribution in [3.63, 3.8) is 0 Å². The number of halogens is 1. The van der Waals surface area contributed by atoms with E-state index in [9.17, 15) is 9.59 Å². The zero-order valence-electron chi connectivity index (χ0n) is 14.4. The highest BCUT2D eigenvalue weighted by Gasteiger charge is 2.23. The molecule has 0 aliphatic rings. The molecule has 0 radical (unpaired) electrons. The summed E-state index contributed by atoms with van der Waals surface area (Å²) in [5.74, 6) is 0.139. The van der Waals surface area contributed by atoms with Crippen LogP contribution in [0.2, 0.25) is 0 Å². The average Bonchev–Trinajstić information content (AvgIpc) is 2.45. The van der Waals surface area contributed by atoms with E-state index < -0.39 is 6.04 Å². The van der Waals surface area contributed by atoms with E-state index in [4.69, 9.17) is 0 Å². The topological polar surface area (TPSA) is 58.2 Å². The van der Waals surface area contributed by atoms with Crippen LogP contribution in [0.4, 0.5) is 0 Å². The maximum atomic E-state index is 12.3. The monoisotopic (exact) mass is 382 g/mol. The van der Waals surface area contributed by atoms with Crippen LogP contribution in [-0.4, -0.2) is 24.4 Å². The molecule has 0 saturated heterocycles. The van der Waals surface area contributed by atoms with Gasteiger partial charge in [-0.05, 0) is 29.9 Å². The minimum atomic E-state index is -0.486. The molecule has 4 nitrogen and oxygen atoms in total. The molecule has 128 valence electrons. The quantitative estimate of drug-likeness (QED) is 0.724. The highest BCUT2D eigenvalue weighted by Crippen LogP contribution is 2.15. The Bertz CT molecular complexity index is 530. The largest absolute Gasteiger partial charge is 0.354 e. The van der Waals surface area contributed by atoms with Crippen LogP contribution in [0.5, 0.6) is 0 Å². The Hall–Kier alpha value is -1.36. The first-order valence-corrected chi connectivity index (χ1v) is 8.91. The Labute approximate surface area is 147 Å². The van der Waals surface area contributed by atoms with E-state index in [0.29, 0.717) is 13.0 Å². The van der Waals surface area contributed by atoms with Crippen molar-refractivity contribution in [3.05, 3.63) is 34.3 Å². The van der Waals surface area contributed by atoms with Crippen molar-refractivity contribution in [2.75, 3.05) is 6.54 Å². The van der Waals surface area contributed by atoms with Crippen molar-refractivity contribution < 1.29 is 9.59 Å². The highest BCUT2D eigenvalue weighted by atomic mass is 79.9. The molecule has 0 aliphatic carbocycles. The molecule has 1 aromatic rings. The van der Waals surface area contributed by atoms with Crippen molar-refractivity contribution in [1.82, 2.24) is 10.6 Å². The average molecular weight is 383 g/mol. The van der Waals surface area contributed by atoms with Crippen LogP contribution >= 0.6 is 15.9 Å². The van der Waals surface area contributed by atoms with Crippen LogP contribution in [0.1, 0.15) is 39.7 Å². The molecule has 0 aromatic heterocycles. The van der Waals surface area contributed by atoms with E-state index in [0.717, 1.165) is 16.5 Å². The number of benzene rings is 1. The molecule has 0 saturated carbocycles. The molecule has 0 fully saturated rings. The lowest BCUT2D eigenvalue weighted by molar-refractivity contribution is -0.130. The third kappa shape index (κ3) is 7.16. The van der Waals surface area contributed by atoms with Gasteiger partial charge in [0.05, 0.1) is 0 Å². The predicted molar refractivity (Wildman–Crippen MR) is 97.1 cm³/mol. The van der Waals surface area contributed by atoms with Gasteiger partial charge in [0, 0.05) is 17.4 Å². The molecule has 0 spiro atoms. The summed E-state index contributed by atoms with van der Waals surface area (Å²) < 4.78 is 1.04. The Morgan fingerprint density at radius 1 is 1.13 bits per heavy atom. The van der Waals surface area contributed by atoms with Gasteiger partial charge in [-0.3, -0.25) is 9.59 Å². The van der Waals surface area contributed by atoms with E-state index in [1.165, 1.54) is 0 Å². The third-order valence-electron chi connectivity index (χ3n) is 3.51. The minimum absolute atomic E-state index is 0.0505. The fourth-order valence-electron chi connectivity index (χ4n) is 2.27. The van der Waals surface area contributed by atoms with E-state index in [2.05, 4.69) is 26.6 Å². The zero-order valence-corrected chi connectivity index (χ0v) is 15.9. The van der Waals surface area contributed by atoms with Gasteiger partial charge >= 0.3 is 0 Å². The number of hydrogen-bond acceptors (Lipinski definition) is 2. The van der Waals surface area contributed by atoms with Crippen LogP contribution in [-0.2, 0) is 16.0 Å². The molecule has 1 rings (SSSR count). The van der Waals surface area contributed by atoms with E-state index in [1.54, 1.807) is 0 Å². The number of hydrogen-bond donors (Lipinski definition) is 2. The summed E-state index contributed by atoms with van der Waals surface area (Å²) in [6, 6.07) is 7.47. The van der Waals surface area contributed by atoms with Gasteiger partial charge in [0.25, 0.3) is 0 Å². The van der Waals surface area contributed by atoms with Gasteiger partial charge in [-0.15, -0.1) is 0 Å². The molecule has 23 heavy (non-hydrogen) atoms. The lowest BCUT2D eigenvalue weighted by Crippen LogP contribution is -2.50. The molecule has 0 aliphatic heterocycles. The predicted octanol–water partition coefficient (Wildman–Crippen LogP) is 3.29.